The monoisotopic (exact) mass is 310 g/mol. The molecule has 5 heteroatoms. The minimum atomic E-state index is 0.451. The van der Waals surface area contributed by atoms with Gasteiger partial charge in [0.2, 0.25) is 0 Å². The molecule has 0 spiro atoms. The van der Waals surface area contributed by atoms with Crippen molar-refractivity contribution in [3.8, 4) is 5.75 Å². The van der Waals surface area contributed by atoms with Crippen molar-refractivity contribution in [2.24, 2.45) is 0 Å². The molecule has 0 saturated heterocycles. The first-order valence-corrected chi connectivity index (χ1v) is 7.97. The van der Waals surface area contributed by atoms with Crippen molar-refractivity contribution in [3.63, 3.8) is 0 Å². The van der Waals surface area contributed by atoms with Gasteiger partial charge in [-0.1, -0.05) is 24.6 Å². The highest BCUT2D eigenvalue weighted by Gasteiger charge is 2.05. The predicted octanol–water partition coefficient (Wildman–Crippen LogP) is 4.18. The van der Waals surface area contributed by atoms with Gasteiger partial charge in [0, 0.05) is 11.9 Å². The van der Waals surface area contributed by atoms with Crippen molar-refractivity contribution < 1.29 is 4.74 Å². The lowest BCUT2D eigenvalue weighted by atomic mass is 10.2. The number of ether oxygens (including phenoxy) is 1. The number of aryl methyl sites for hydroxylation is 1. The number of nitrogens with one attached hydrogen (secondary N) is 1. The van der Waals surface area contributed by atoms with E-state index in [1.807, 2.05) is 30.5 Å². The summed E-state index contributed by atoms with van der Waals surface area (Å²) in [6.45, 7) is 6.45. The van der Waals surface area contributed by atoms with Crippen LogP contribution in [0.5, 0.6) is 5.75 Å². The Kier molecular flexibility index (Phi) is 5.83. The van der Waals surface area contributed by atoms with E-state index in [0.717, 1.165) is 35.8 Å². The van der Waals surface area contributed by atoms with Gasteiger partial charge in [-0.2, -0.15) is 0 Å². The molecule has 0 aliphatic carbocycles. The van der Waals surface area contributed by atoms with Crippen LogP contribution >= 0.6 is 22.9 Å². The highest BCUT2D eigenvalue weighted by Crippen LogP contribution is 2.26. The van der Waals surface area contributed by atoms with E-state index >= 15 is 0 Å². The largest absolute Gasteiger partial charge is 0.486 e. The smallest absolute Gasteiger partial charge is 0.138 e. The molecule has 0 aliphatic heterocycles. The van der Waals surface area contributed by atoms with E-state index < -0.39 is 0 Å². The highest BCUT2D eigenvalue weighted by molar-refractivity contribution is 7.09. The minimum Gasteiger partial charge on any atom is -0.486 e. The van der Waals surface area contributed by atoms with Gasteiger partial charge in [-0.05, 0) is 37.6 Å². The number of thiazole rings is 1. The maximum Gasteiger partial charge on any atom is 0.138 e. The van der Waals surface area contributed by atoms with Crippen LogP contribution in [-0.2, 0) is 13.2 Å². The second-order valence-electron chi connectivity index (χ2n) is 4.63. The number of hydrogen-bond donors (Lipinski definition) is 1. The molecule has 0 bridgehead atoms. The Balaban J connectivity index is 1.87. The molecule has 0 aliphatic rings. The normalized spacial score (nSPS) is 10.8. The van der Waals surface area contributed by atoms with Crippen LogP contribution in [0.2, 0.25) is 5.02 Å². The first kappa shape index (κ1) is 15.3. The Hall–Kier alpha value is -1.10. The zero-order valence-electron chi connectivity index (χ0n) is 11.8. The number of benzene rings is 1. The lowest BCUT2D eigenvalue weighted by Gasteiger charge is -2.06. The molecule has 1 N–H and O–H groups in total. The predicted molar refractivity (Wildman–Crippen MR) is 84.6 cm³/mol. The summed E-state index contributed by atoms with van der Waals surface area (Å²) in [5.41, 5.74) is 2.07. The van der Waals surface area contributed by atoms with Gasteiger partial charge in [-0.25, -0.2) is 4.98 Å². The number of rotatable bonds is 7. The number of aromatic nitrogens is 1. The highest BCUT2D eigenvalue weighted by atomic mass is 35.5. The van der Waals surface area contributed by atoms with Gasteiger partial charge in [-0.15, -0.1) is 11.3 Å². The van der Waals surface area contributed by atoms with E-state index in [4.69, 9.17) is 16.3 Å². The topological polar surface area (TPSA) is 34.2 Å². The molecule has 3 nitrogen and oxygen atoms in total. The van der Waals surface area contributed by atoms with Gasteiger partial charge >= 0.3 is 0 Å². The summed E-state index contributed by atoms with van der Waals surface area (Å²) in [5.74, 6) is 0.705. The van der Waals surface area contributed by atoms with Gasteiger partial charge in [0.25, 0.3) is 0 Å². The Morgan fingerprint density at radius 2 is 2.25 bits per heavy atom. The van der Waals surface area contributed by atoms with E-state index in [0.29, 0.717) is 17.4 Å². The number of halogens is 1. The third-order valence-electron chi connectivity index (χ3n) is 2.77. The molecule has 1 aromatic heterocycles. The van der Waals surface area contributed by atoms with E-state index in [1.54, 1.807) is 11.3 Å². The summed E-state index contributed by atoms with van der Waals surface area (Å²) in [6.07, 6.45) is 1.13. The summed E-state index contributed by atoms with van der Waals surface area (Å²) in [7, 11) is 0. The first-order chi connectivity index (χ1) is 9.69. The second kappa shape index (κ2) is 7.62. The van der Waals surface area contributed by atoms with Crippen molar-refractivity contribution in [2.75, 3.05) is 6.54 Å². The first-order valence-electron chi connectivity index (χ1n) is 6.72. The van der Waals surface area contributed by atoms with Crippen LogP contribution in [0, 0.1) is 6.92 Å². The van der Waals surface area contributed by atoms with Gasteiger partial charge in [0.1, 0.15) is 17.4 Å². The SMILES string of the molecule is CCCNCc1nc(COc2ccc(C)cc2Cl)cs1. The van der Waals surface area contributed by atoms with Crippen molar-refractivity contribution in [3.05, 3.63) is 44.9 Å². The van der Waals surface area contributed by atoms with Gasteiger partial charge < -0.3 is 10.1 Å². The Labute approximate surface area is 129 Å². The van der Waals surface area contributed by atoms with Crippen molar-refractivity contribution >= 4 is 22.9 Å². The van der Waals surface area contributed by atoms with Crippen LogP contribution in [0.3, 0.4) is 0 Å². The molecule has 1 heterocycles. The van der Waals surface area contributed by atoms with Crippen LogP contribution < -0.4 is 10.1 Å². The zero-order valence-corrected chi connectivity index (χ0v) is 13.4. The summed E-state index contributed by atoms with van der Waals surface area (Å²) < 4.78 is 5.71. The lowest BCUT2D eigenvalue weighted by molar-refractivity contribution is 0.302. The lowest BCUT2D eigenvalue weighted by Crippen LogP contribution is -2.13. The van der Waals surface area contributed by atoms with Crippen LogP contribution in [0.25, 0.3) is 0 Å². The third-order valence-corrected chi connectivity index (χ3v) is 3.96. The van der Waals surface area contributed by atoms with Crippen LogP contribution in [0.1, 0.15) is 29.6 Å². The van der Waals surface area contributed by atoms with E-state index in [1.165, 1.54) is 0 Å². The van der Waals surface area contributed by atoms with Crippen LogP contribution in [-0.4, -0.2) is 11.5 Å². The minimum absolute atomic E-state index is 0.451. The van der Waals surface area contributed by atoms with E-state index in [9.17, 15) is 0 Å². The molecule has 0 saturated carbocycles. The molecule has 0 fully saturated rings. The van der Waals surface area contributed by atoms with E-state index in [2.05, 4.69) is 17.2 Å². The van der Waals surface area contributed by atoms with E-state index in [-0.39, 0.29) is 0 Å². The summed E-state index contributed by atoms with van der Waals surface area (Å²) >= 11 is 7.79. The molecule has 0 atom stereocenters. The molecule has 2 aromatic rings. The van der Waals surface area contributed by atoms with Crippen LogP contribution in [0.15, 0.2) is 23.6 Å². The zero-order chi connectivity index (χ0) is 14.4. The average molecular weight is 311 g/mol. The fourth-order valence-corrected chi connectivity index (χ4v) is 2.78. The molecular weight excluding hydrogens is 292 g/mol. The standard InChI is InChI=1S/C15H19ClN2OS/c1-3-6-17-8-15-18-12(10-20-15)9-19-14-5-4-11(2)7-13(14)16/h4-5,7,10,17H,3,6,8-9H2,1-2H3. The Bertz CT molecular complexity index is 557. The van der Waals surface area contributed by atoms with Crippen molar-refractivity contribution in [1.29, 1.82) is 0 Å². The Morgan fingerprint density at radius 1 is 1.40 bits per heavy atom. The molecule has 2 rings (SSSR count). The molecule has 1 aromatic carbocycles. The Morgan fingerprint density at radius 3 is 3.00 bits per heavy atom. The molecule has 0 radical (unpaired) electrons. The summed E-state index contributed by atoms with van der Waals surface area (Å²) in [4.78, 5) is 4.53. The molecule has 0 unspecified atom stereocenters. The summed E-state index contributed by atoms with van der Waals surface area (Å²) in [5, 5.41) is 7.11. The van der Waals surface area contributed by atoms with Crippen LogP contribution in [0.4, 0.5) is 0 Å². The summed E-state index contributed by atoms with van der Waals surface area (Å²) in [6, 6.07) is 5.79. The quantitative estimate of drug-likeness (QED) is 0.779. The van der Waals surface area contributed by atoms with Crippen molar-refractivity contribution in [2.45, 2.75) is 33.4 Å². The molecule has 20 heavy (non-hydrogen) atoms. The number of hydrogen-bond acceptors (Lipinski definition) is 4. The maximum absolute atomic E-state index is 6.13. The van der Waals surface area contributed by atoms with Gasteiger partial charge in [0.05, 0.1) is 10.7 Å². The molecule has 108 valence electrons. The fourth-order valence-electron chi connectivity index (χ4n) is 1.74. The second-order valence-corrected chi connectivity index (χ2v) is 5.98. The molecular formula is C15H19ClN2OS. The van der Waals surface area contributed by atoms with Gasteiger partial charge in [0.15, 0.2) is 0 Å². The maximum atomic E-state index is 6.13. The molecule has 0 amide bonds. The van der Waals surface area contributed by atoms with Crippen molar-refractivity contribution in [1.82, 2.24) is 10.3 Å². The third kappa shape index (κ3) is 4.47. The average Bonchev–Trinajstić information content (AvgIpc) is 2.86. The van der Waals surface area contributed by atoms with Gasteiger partial charge in [-0.3, -0.25) is 0 Å². The fraction of sp³-hybridized carbons (Fsp3) is 0.400. The number of nitrogens with zero attached hydrogens (tertiary/aromatic N) is 1.